The van der Waals surface area contributed by atoms with E-state index in [0.29, 0.717) is 32.9 Å². The topological polar surface area (TPSA) is 86.0 Å². The van der Waals surface area contributed by atoms with Gasteiger partial charge in [-0.1, -0.05) is 23.7 Å². The van der Waals surface area contributed by atoms with E-state index >= 15 is 0 Å². The van der Waals surface area contributed by atoms with Crippen LogP contribution in [-0.2, 0) is 4.79 Å². The standard InChI is InChI=1S/C18H14ClN3O3S/c1-2-7-22-17(25)16(9-11-3-4-14(23)15(24)8-11)26-18(22)21-13-5-6-20-10-12(13)19/h2-6,8-10,23-24H,1,7H2/b16-9-,21-18?. The molecular weight excluding hydrogens is 374 g/mol. The molecule has 0 unspecified atom stereocenters. The molecule has 26 heavy (non-hydrogen) atoms. The van der Waals surface area contributed by atoms with Gasteiger partial charge in [-0.2, -0.15) is 0 Å². The monoisotopic (exact) mass is 387 g/mol. The molecule has 0 saturated carbocycles. The third-order valence-electron chi connectivity index (χ3n) is 3.46. The van der Waals surface area contributed by atoms with Gasteiger partial charge in [-0.3, -0.25) is 14.7 Å². The summed E-state index contributed by atoms with van der Waals surface area (Å²) in [6, 6.07) is 6.00. The third kappa shape index (κ3) is 3.74. The highest BCUT2D eigenvalue weighted by Gasteiger charge is 2.32. The molecule has 8 heteroatoms. The largest absolute Gasteiger partial charge is 0.504 e. The van der Waals surface area contributed by atoms with Gasteiger partial charge in [-0.05, 0) is 41.6 Å². The number of carbonyl (C=O) groups excluding carboxylic acids is 1. The number of phenols is 2. The van der Waals surface area contributed by atoms with E-state index in [1.165, 1.54) is 35.0 Å². The lowest BCUT2D eigenvalue weighted by molar-refractivity contribution is -0.121. The Balaban J connectivity index is 1.98. The number of pyridine rings is 1. The Kier molecular flexibility index (Phi) is 5.29. The maximum atomic E-state index is 12.7. The van der Waals surface area contributed by atoms with Gasteiger partial charge in [0.15, 0.2) is 16.7 Å². The van der Waals surface area contributed by atoms with E-state index < -0.39 is 0 Å². The predicted octanol–water partition coefficient (Wildman–Crippen LogP) is 3.94. The van der Waals surface area contributed by atoms with Crippen LogP contribution in [0.15, 0.2) is 59.2 Å². The number of benzene rings is 1. The van der Waals surface area contributed by atoms with Crippen LogP contribution >= 0.6 is 23.4 Å². The number of aromatic hydroxyl groups is 2. The molecule has 2 N–H and O–H groups in total. The van der Waals surface area contributed by atoms with Gasteiger partial charge in [0.2, 0.25) is 0 Å². The van der Waals surface area contributed by atoms with E-state index in [1.807, 2.05) is 0 Å². The zero-order chi connectivity index (χ0) is 18.7. The van der Waals surface area contributed by atoms with Crippen molar-refractivity contribution in [2.24, 2.45) is 4.99 Å². The number of halogens is 1. The normalized spacial score (nSPS) is 17.3. The SMILES string of the molecule is C=CCN1C(=O)/C(=C/c2ccc(O)c(O)c2)SC1=Nc1ccncc1Cl. The predicted molar refractivity (Wildman–Crippen MR) is 104 cm³/mol. The smallest absolute Gasteiger partial charge is 0.267 e. The minimum atomic E-state index is -0.254. The highest BCUT2D eigenvalue weighted by atomic mass is 35.5. The highest BCUT2D eigenvalue weighted by molar-refractivity contribution is 8.18. The van der Waals surface area contributed by atoms with Crippen molar-refractivity contribution < 1.29 is 15.0 Å². The lowest BCUT2D eigenvalue weighted by atomic mass is 10.2. The number of rotatable bonds is 4. The molecule has 1 aromatic carbocycles. The maximum absolute atomic E-state index is 12.7. The van der Waals surface area contributed by atoms with Gasteiger partial charge in [0, 0.05) is 18.9 Å². The summed E-state index contributed by atoms with van der Waals surface area (Å²) >= 11 is 7.29. The molecule has 1 amide bonds. The van der Waals surface area contributed by atoms with E-state index in [2.05, 4.69) is 16.6 Å². The quantitative estimate of drug-likeness (QED) is 0.471. The fraction of sp³-hybridized carbons (Fsp3) is 0.0556. The van der Waals surface area contributed by atoms with Crippen LogP contribution in [0.4, 0.5) is 5.69 Å². The number of amides is 1. The molecule has 6 nitrogen and oxygen atoms in total. The molecule has 3 rings (SSSR count). The lowest BCUT2D eigenvalue weighted by Crippen LogP contribution is -2.29. The summed E-state index contributed by atoms with van der Waals surface area (Å²) in [7, 11) is 0. The summed E-state index contributed by atoms with van der Waals surface area (Å²) in [4.78, 5) is 23.0. The first-order valence-electron chi connectivity index (χ1n) is 7.52. The molecular formula is C18H14ClN3O3S. The summed E-state index contributed by atoms with van der Waals surface area (Å²) in [5, 5.41) is 19.9. The van der Waals surface area contributed by atoms with Gasteiger partial charge in [0.05, 0.1) is 15.6 Å². The van der Waals surface area contributed by atoms with Crippen molar-refractivity contribution in [2.75, 3.05) is 6.54 Å². The Morgan fingerprint density at radius 3 is 2.81 bits per heavy atom. The van der Waals surface area contributed by atoms with Gasteiger partial charge in [-0.25, -0.2) is 4.99 Å². The Bertz CT molecular complexity index is 943. The molecule has 0 spiro atoms. The molecule has 1 aliphatic heterocycles. The minimum absolute atomic E-state index is 0.222. The molecule has 1 aromatic heterocycles. The molecule has 2 heterocycles. The molecule has 0 bridgehead atoms. The number of hydrogen-bond acceptors (Lipinski definition) is 6. The van der Waals surface area contributed by atoms with Crippen molar-refractivity contribution in [2.45, 2.75) is 0 Å². The van der Waals surface area contributed by atoms with Gasteiger partial charge < -0.3 is 10.2 Å². The van der Waals surface area contributed by atoms with Crippen LogP contribution in [0.2, 0.25) is 5.02 Å². The van der Waals surface area contributed by atoms with Crippen molar-refractivity contribution in [3.8, 4) is 11.5 Å². The van der Waals surface area contributed by atoms with Crippen molar-refractivity contribution in [3.05, 3.63) is 64.8 Å². The first-order chi connectivity index (χ1) is 12.5. The third-order valence-corrected chi connectivity index (χ3v) is 4.76. The molecule has 132 valence electrons. The number of hydrogen-bond donors (Lipinski definition) is 2. The van der Waals surface area contributed by atoms with Crippen LogP contribution in [-0.4, -0.2) is 37.7 Å². The van der Waals surface area contributed by atoms with Crippen LogP contribution in [0.1, 0.15) is 5.56 Å². The molecule has 0 aliphatic carbocycles. The summed E-state index contributed by atoms with van der Waals surface area (Å²) in [6.45, 7) is 3.97. The van der Waals surface area contributed by atoms with E-state index in [1.54, 1.807) is 30.5 Å². The lowest BCUT2D eigenvalue weighted by Gasteiger charge is -2.12. The average Bonchev–Trinajstić information content (AvgIpc) is 2.89. The van der Waals surface area contributed by atoms with Gasteiger partial charge in [0.25, 0.3) is 5.91 Å². The van der Waals surface area contributed by atoms with Crippen LogP contribution in [0.3, 0.4) is 0 Å². The number of nitrogens with zero attached hydrogens (tertiary/aromatic N) is 3. The van der Waals surface area contributed by atoms with Gasteiger partial charge in [0.1, 0.15) is 0 Å². The number of amidine groups is 1. The number of carbonyl (C=O) groups is 1. The average molecular weight is 388 g/mol. The van der Waals surface area contributed by atoms with Crippen LogP contribution in [0.25, 0.3) is 6.08 Å². The van der Waals surface area contributed by atoms with Crippen LogP contribution < -0.4 is 0 Å². The Hall–Kier alpha value is -2.77. The molecule has 0 atom stereocenters. The summed E-state index contributed by atoms with van der Waals surface area (Å²) < 4.78 is 0. The van der Waals surface area contributed by atoms with E-state index in [4.69, 9.17) is 11.6 Å². The second kappa shape index (κ2) is 7.63. The van der Waals surface area contributed by atoms with E-state index in [-0.39, 0.29) is 17.4 Å². The summed E-state index contributed by atoms with van der Waals surface area (Å²) in [5.74, 6) is -0.706. The Morgan fingerprint density at radius 2 is 2.12 bits per heavy atom. The second-order valence-corrected chi connectivity index (χ2v) is 6.70. The number of aliphatic imine (C=N–C) groups is 1. The Labute approximate surface area is 159 Å². The molecule has 1 saturated heterocycles. The first kappa shape index (κ1) is 18.0. The van der Waals surface area contributed by atoms with Crippen molar-refractivity contribution in [1.82, 2.24) is 9.88 Å². The molecule has 0 radical (unpaired) electrons. The van der Waals surface area contributed by atoms with Crippen LogP contribution in [0.5, 0.6) is 11.5 Å². The van der Waals surface area contributed by atoms with E-state index in [9.17, 15) is 15.0 Å². The highest BCUT2D eigenvalue weighted by Crippen LogP contribution is 2.36. The number of phenolic OH excluding ortho intramolecular Hbond substituents is 2. The number of aromatic nitrogens is 1. The zero-order valence-corrected chi connectivity index (χ0v) is 15.0. The molecule has 2 aromatic rings. The van der Waals surface area contributed by atoms with Crippen molar-refractivity contribution in [1.29, 1.82) is 0 Å². The van der Waals surface area contributed by atoms with Gasteiger partial charge in [-0.15, -0.1) is 6.58 Å². The van der Waals surface area contributed by atoms with Crippen LogP contribution in [0, 0.1) is 0 Å². The Morgan fingerprint density at radius 1 is 1.31 bits per heavy atom. The summed E-state index contributed by atoms with van der Waals surface area (Å²) in [5.41, 5.74) is 1.09. The fourth-order valence-corrected chi connectivity index (χ4v) is 3.39. The number of thioether (sulfide) groups is 1. The molecule has 1 aliphatic rings. The van der Waals surface area contributed by atoms with Crippen molar-refractivity contribution >= 4 is 46.2 Å². The summed E-state index contributed by atoms with van der Waals surface area (Å²) in [6.07, 6.45) is 6.28. The fourth-order valence-electron chi connectivity index (χ4n) is 2.22. The zero-order valence-electron chi connectivity index (χ0n) is 13.5. The van der Waals surface area contributed by atoms with Crippen molar-refractivity contribution in [3.63, 3.8) is 0 Å². The van der Waals surface area contributed by atoms with E-state index in [0.717, 1.165) is 0 Å². The maximum Gasteiger partial charge on any atom is 0.267 e. The van der Waals surface area contributed by atoms with Gasteiger partial charge >= 0.3 is 0 Å². The first-order valence-corrected chi connectivity index (χ1v) is 8.71. The second-order valence-electron chi connectivity index (χ2n) is 5.28. The minimum Gasteiger partial charge on any atom is -0.504 e. The molecule has 1 fully saturated rings.